The fourth-order valence-corrected chi connectivity index (χ4v) is 3.92. The summed E-state index contributed by atoms with van der Waals surface area (Å²) in [6.45, 7) is 2.75. The molecule has 1 saturated carbocycles. The van der Waals surface area contributed by atoms with Crippen molar-refractivity contribution >= 4 is 22.8 Å². The lowest BCUT2D eigenvalue weighted by molar-refractivity contribution is -0.134. The van der Waals surface area contributed by atoms with Crippen molar-refractivity contribution in [1.29, 1.82) is 0 Å². The van der Waals surface area contributed by atoms with Crippen molar-refractivity contribution in [3.05, 3.63) is 30.0 Å². The molecule has 1 aliphatic carbocycles. The topological polar surface area (TPSA) is 80.6 Å². The van der Waals surface area contributed by atoms with Crippen LogP contribution in [0.4, 0.5) is 0 Å². The number of ether oxygens (including phenoxy) is 1. The molecule has 0 unspecified atom stereocenters. The highest BCUT2D eigenvalue weighted by Gasteiger charge is 2.40. The van der Waals surface area contributed by atoms with Crippen molar-refractivity contribution in [2.24, 2.45) is 0 Å². The van der Waals surface area contributed by atoms with Crippen LogP contribution in [-0.4, -0.2) is 31.0 Å². The lowest BCUT2D eigenvalue weighted by Gasteiger charge is -2.36. The Morgan fingerprint density at radius 1 is 1.21 bits per heavy atom. The third-order valence-corrected chi connectivity index (χ3v) is 5.55. The van der Waals surface area contributed by atoms with Gasteiger partial charge in [0.05, 0.1) is 19.8 Å². The van der Waals surface area contributed by atoms with E-state index in [1.165, 1.54) is 0 Å². The van der Waals surface area contributed by atoms with Crippen LogP contribution in [0.2, 0.25) is 0 Å². The van der Waals surface area contributed by atoms with Gasteiger partial charge in [0.1, 0.15) is 16.9 Å². The highest BCUT2D eigenvalue weighted by molar-refractivity contribution is 5.94. The molecule has 6 nitrogen and oxygen atoms in total. The number of hydrogen-bond acceptors (Lipinski definition) is 4. The quantitative estimate of drug-likeness (QED) is 0.678. The molecule has 3 rings (SSSR count). The van der Waals surface area contributed by atoms with Gasteiger partial charge in [0.25, 0.3) is 0 Å². The van der Waals surface area contributed by atoms with E-state index in [1.54, 1.807) is 19.4 Å². The van der Waals surface area contributed by atoms with Crippen molar-refractivity contribution < 1.29 is 18.7 Å². The van der Waals surface area contributed by atoms with Crippen molar-refractivity contribution in [2.75, 3.05) is 13.7 Å². The molecule has 0 radical (unpaired) electrons. The summed E-state index contributed by atoms with van der Waals surface area (Å²) in [5.41, 5.74) is 0.714. The van der Waals surface area contributed by atoms with Crippen molar-refractivity contribution in [1.82, 2.24) is 10.6 Å². The number of rotatable bonds is 8. The Kier molecular flexibility index (Phi) is 6.60. The van der Waals surface area contributed by atoms with Crippen LogP contribution in [0.25, 0.3) is 11.0 Å². The second-order valence-corrected chi connectivity index (χ2v) is 7.60. The Labute approximate surface area is 166 Å². The van der Waals surface area contributed by atoms with Crippen LogP contribution in [0.1, 0.15) is 57.4 Å². The van der Waals surface area contributed by atoms with Crippen LogP contribution in [0.5, 0.6) is 5.75 Å². The predicted octanol–water partition coefficient (Wildman–Crippen LogP) is 3.72. The van der Waals surface area contributed by atoms with E-state index in [0.29, 0.717) is 30.7 Å². The molecule has 2 aromatic rings. The zero-order valence-electron chi connectivity index (χ0n) is 16.8. The second-order valence-electron chi connectivity index (χ2n) is 7.60. The SMILES string of the molecule is CCCCNC(=O)C1(NC(=O)Cc2coc3cc(OC)ccc23)CCCCC1. The minimum Gasteiger partial charge on any atom is -0.497 e. The molecular weight excluding hydrogens is 356 g/mol. The van der Waals surface area contributed by atoms with E-state index < -0.39 is 5.54 Å². The molecule has 28 heavy (non-hydrogen) atoms. The molecule has 1 aromatic carbocycles. The normalized spacial score (nSPS) is 15.9. The molecule has 2 N–H and O–H groups in total. The fraction of sp³-hybridized carbons (Fsp3) is 0.545. The number of amides is 2. The summed E-state index contributed by atoms with van der Waals surface area (Å²) in [4.78, 5) is 25.7. The minimum atomic E-state index is -0.786. The average molecular weight is 386 g/mol. The van der Waals surface area contributed by atoms with Gasteiger partial charge in [0, 0.05) is 23.6 Å². The van der Waals surface area contributed by atoms with E-state index in [-0.39, 0.29) is 18.2 Å². The summed E-state index contributed by atoms with van der Waals surface area (Å²) in [5.74, 6) is 0.518. The molecule has 1 heterocycles. The summed E-state index contributed by atoms with van der Waals surface area (Å²) < 4.78 is 10.8. The Bertz CT molecular complexity index is 821. The van der Waals surface area contributed by atoms with Gasteiger partial charge in [-0.05, 0) is 31.4 Å². The lowest BCUT2D eigenvalue weighted by atomic mass is 9.80. The highest BCUT2D eigenvalue weighted by Crippen LogP contribution is 2.30. The molecule has 1 aromatic heterocycles. The minimum absolute atomic E-state index is 0.0456. The lowest BCUT2D eigenvalue weighted by Crippen LogP contribution is -2.60. The van der Waals surface area contributed by atoms with Crippen molar-refractivity contribution in [3.8, 4) is 5.75 Å². The molecule has 0 saturated heterocycles. The largest absolute Gasteiger partial charge is 0.497 e. The van der Waals surface area contributed by atoms with Crippen LogP contribution in [0.3, 0.4) is 0 Å². The zero-order chi connectivity index (χ0) is 20.0. The monoisotopic (exact) mass is 386 g/mol. The Hall–Kier alpha value is -2.50. The molecule has 0 bridgehead atoms. The van der Waals surface area contributed by atoms with Gasteiger partial charge in [0.2, 0.25) is 11.8 Å². The van der Waals surface area contributed by atoms with Gasteiger partial charge < -0.3 is 19.8 Å². The number of unbranched alkanes of at least 4 members (excludes halogenated alkanes) is 1. The van der Waals surface area contributed by atoms with E-state index >= 15 is 0 Å². The number of furan rings is 1. The van der Waals surface area contributed by atoms with Gasteiger partial charge in [-0.2, -0.15) is 0 Å². The van der Waals surface area contributed by atoms with Crippen LogP contribution < -0.4 is 15.4 Å². The summed E-state index contributed by atoms with van der Waals surface area (Å²) in [6.07, 6.45) is 8.17. The summed E-state index contributed by atoms with van der Waals surface area (Å²) in [5, 5.41) is 6.97. The van der Waals surface area contributed by atoms with E-state index in [1.807, 2.05) is 12.1 Å². The number of carbonyl (C=O) groups excluding carboxylic acids is 2. The van der Waals surface area contributed by atoms with Crippen molar-refractivity contribution in [2.45, 2.75) is 63.8 Å². The van der Waals surface area contributed by atoms with E-state index in [9.17, 15) is 9.59 Å². The van der Waals surface area contributed by atoms with E-state index in [2.05, 4.69) is 17.6 Å². The third kappa shape index (κ3) is 4.49. The maximum Gasteiger partial charge on any atom is 0.245 e. The molecular formula is C22H30N2O4. The first kappa shape index (κ1) is 20.2. The number of carbonyl (C=O) groups is 2. The van der Waals surface area contributed by atoms with Crippen LogP contribution in [0, 0.1) is 0 Å². The number of benzene rings is 1. The summed E-state index contributed by atoms with van der Waals surface area (Å²) in [6, 6.07) is 5.55. The standard InChI is InChI=1S/C22H30N2O4/c1-3-4-12-23-21(26)22(10-6-5-7-11-22)24-20(25)13-16-15-28-19-14-17(27-2)8-9-18(16)19/h8-9,14-15H,3-7,10-13H2,1-2H3,(H,23,26)(H,24,25). The molecule has 1 fully saturated rings. The summed E-state index contributed by atoms with van der Waals surface area (Å²) in [7, 11) is 1.60. The van der Waals surface area contributed by atoms with Crippen LogP contribution >= 0.6 is 0 Å². The molecule has 0 spiro atoms. The zero-order valence-corrected chi connectivity index (χ0v) is 16.8. The third-order valence-electron chi connectivity index (χ3n) is 5.55. The molecule has 1 aliphatic rings. The second kappa shape index (κ2) is 9.13. The maximum atomic E-state index is 12.9. The summed E-state index contributed by atoms with van der Waals surface area (Å²) >= 11 is 0. The Morgan fingerprint density at radius 2 is 2.00 bits per heavy atom. The average Bonchev–Trinajstić information content (AvgIpc) is 3.10. The first-order chi connectivity index (χ1) is 13.6. The van der Waals surface area contributed by atoms with Crippen molar-refractivity contribution in [3.63, 3.8) is 0 Å². The molecule has 6 heteroatoms. The van der Waals surface area contributed by atoms with Gasteiger partial charge in [-0.1, -0.05) is 32.6 Å². The van der Waals surface area contributed by atoms with E-state index in [0.717, 1.165) is 43.1 Å². The number of hydrogen-bond donors (Lipinski definition) is 2. The van der Waals surface area contributed by atoms with Gasteiger partial charge in [-0.3, -0.25) is 9.59 Å². The smallest absolute Gasteiger partial charge is 0.245 e. The Morgan fingerprint density at radius 3 is 2.71 bits per heavy atom. The molecule has 2 amide bonds. The number of methoxy groups -OCH3 is 1. The predicted molar refractivity (Wildman–Crippen MR) is 108 cm³/mol. The molecule has 152 valence electrons. The van der Waals surface area contributed by atoms with Gasteiger partial charge >= 0.3 is 0 Å². The van der Waals surface area contributed by atoms with E-state index in [4.69, 9.17) is 9.15 Å². The Balaban J connectivity index is 1.71. The van der Waals surface area contributed by atoms with Gasteiger partial charge in [0.15, 0.2) is 0 Å². The van der Waals surface area contributed by atoms with Crippen LogP contribution in [0.15, 0.2) is 28.9 Å². The van der Waals surface area contributed by atoms with Crippen LogP contribution in [-0.2, 0) is 16.0 Å². The fourth-order valence-electron chi connectivity index (χ4n) is 3.92. The maximum absolute atomic E-state index is 12.9. The molecule has 0 aliphatic heterocycles. The number of nitrogens with one attached hydrogen (secondary N) is 2. The molecule has 0 atom stereocenters. The van der Waals surface area contributed by atoms with Gasteiger partial charge in [-0.25, -0.2) is 0 Å². The van der Waals surface area contributed by atoms with Gasteiger partial charge in [-0.15, -0.1) is 0 Å². The first-order valence-corrected chi connectivity index (χ1v) is 10.2. The highest BCUT2D eigenvalue weighted by atomic mass is 16.5. The number of fused-ring (bicyclic) bond motifs is 1. The first-order valence-electron chi connectivity index (χ1n) is 10.2.